The van der Waals surface area contributed by atoms with Crippen molar-refractivity contribution in [3.05, 3.63) is 65.9 Å². The minimum absolute atomic E-state index is 0. The maximum absolute atomic E-state index is 5.77. The molecule has 4 heteroatoms. The van der Waals surface area contributed by atoms with Crippen LogP contribution in [0.1, 0.15) is 17.5 Å². The first-order valence-corrected chi connectivity index (χ1v) is 8.21. The Morgan fingerprint density at radius 1 is 1.04 bits per heavy atom. The molecule has 3 rings (SSSR count). The van der Waals surface area contributed by atoms with E-state index in [1.54, 1.807) is 7.11 Å². The van der Waals surface area contributed by atoms with Gasteiger partial charge in [-0.25, -0.2) is 0 Å². The Morgan fingerprint density at radius 3 is 2.54 bits per heavy atom. The monoisotopic (exact) mass is 344 g/mol. The van der Waals surface area contributed by atoms with Crippen molar-refractivity contribution in [3.8, 4) is 5.75 Å². The molecule has 0 unspecified atom stereocenters. The smallest absolute Gasteiger partial charge is 0.119 e. The largest absolute Gasteiger partial charge is 0.497 e. The Labute approximate surface area is 149 Å². The number of ether oxygens (including phenoxy) is 1. The minimum atomic E-state index is 0. The first-order chi connectivity index (χ1) is 11.3. The number of benzene rings is 2. The van der Waals surface area contributed by atoms with Crippen molar-refractivity contribution < 1.29 is 4.74 Å². The van der Waals surface area contributed by atoms with Gasteiger partial charge in [0.1, 0.15) is 5.75 Å². The summed E-state index contributed by atoms with van der Waals surface area (Å²) in [7, 11) is 1.71. The highest BCUT2D eigenvalue weighted by Crippen LogP contribution is 2.26. The SMILES string of the molecule is COc1ccc2c(c1)c(CCN)cn2CCCc1ccccc1.Cl. The quantitative estimate of drug-likeness (QED) is 0.697. The molecule has 0 saturated carbocycles. The van der Waals surface area contributed by atoms with Crippen molar-refractivity contribution in [3.63, 3.8) is 0 Å². The zero-order valence-corrected chi connectivity index (χ0v) is 14.9. The van der Waals surface area contributed by atoms with E-state index in [2.05, 4.69) is 53.2 Å². The molecule has 0 atom stereocenters. The van der Waals surface area contributed by atoms with E-state index in [-0.39, 0.29) is 12.4 Å². The summed E-state index contributed by atoms with van der Waals surface area (Å²) >= 11 is 0. The Balaban J connectivity index is 0.00000208. The fourth-order valence-corrected chi connectivity index (χ4v) is 3.11. The molecule has 0 spiro atoms. The molecule has 2 N–H and O–H groups in total. The molecule has 0 aliphatic carbocycles. The Kier molecular flexibility index (Phi) is 6.71. The van der Waals surface area contributed by atoms with Crippen molar-refractivity contribution in [1.29, 1.82) is 0 Å². The summed E-state index contributed by atoms with van der Waals surface area (Å²) < 4.78 is 7.71. The number of aryl methyl sites for hydroxylation is 2. The number of hydrogen-bond donors (Lipinski definition) is 1. The van der Waals surface area contributed by atoms with Gasteiger partial charge in [-0.1, -0.05) is 30.3 Å². The van der Waals surface area contributed by atoms with Gasteiger partial charge in [-0.15, -0.1) is 12.4 Å². The van der Waals surface area contributed by atoms with Crippen molar-refractivity contribution in [2.45, 2.75) is 25.8 Å². The lowest BCUT2D eigenvalue weighted by molar-refractivity contribution is 0.415. The van der Waals surface area contributed by atoms with Crippen LogP contribution in [0.25, 0.3) is 10.9 Å². The van der Waals surface area contributed by atoms with Crippen LogP contribution in [0.5, 0.6) is 5.75 Å². The molecular formula is C20H25ClN2O. The standard InChI is InChI=1S/C20H24N2O.ClH/c1-23-18-9-10-20-19(14-18)17(11-12-21)15-22(20)13-5-8-16-6-3-2-4-7-16;/h2-4,6-7,9-10,14-15H,5,8,11-13,21H2,1H3;1H. The third-order valence-electron chi connectivity index (χ3n) is 4.29. The second-order valence-corrected chi connectivity index (χ2v) is 5.86. The number of nitrogens with two attached hydrogens (primary N) is 1. The molecule has 1 aromatic heterocycles. The molecule has 0 bridgehead atoms. The predicted octanol–water partition coefficient (Wildman–Crippen LogP) is 4.21. The summed E-state index contributed by atoms with van der Waals surface area (Å²) in [5.41, 5.74) is 9.74. The van der Waals surface area contributed by atoms with Crippen LogP contribution in [0.4, 0.5) is 0 Å². The molecule has 0 aliphatic rings. The molecule has 128 valence electrons. The average Bonchev–Trinajstić information content (AvgIpc) is 2.93. The highest BCUT2D eigenvalue weighted by molar-refractivity contribution is 5.86. The van der Waals surface area contributed by atoms with Gasteiger partial charge in [0, 0.05) is 23.6 Å². The molecule has 24 heavy (non-hydrogen) atoms. The van der Waals surface area contributed by atoms with Crippen LogP contribution in [0.2, 0.25) is 0 Å². The van der Waals surface area contributed by atoms with Gasteiger partial charge in [0.25, 0.3) is 0 Å². The van der Waals surface area contributed by atoms with E-state index in [1.807, 2.05) is 6.07 Å². The van der Waals surface area contributed by atoms with Crippen molar-refractivity contribution >= 4 is 23.3 Å². The normalized spacial score (nSPS) is 10.6. The molecule has 3 nitrogen and oxygen atoms in total. The van der Waals surface area contributed by atoms with E-state index in [0.29, 0.717) is 6.54 Å². The van der Waals surface area contributed by atoms with Crippen LogP contribution in [-0.4, -0.2) is 18.2 Å². The predicted molar refractivity (Wildman–Crippen MR) is 103 cm³/mol. The van der Waals surface area contributed by atoms with Crippen LogP contribution < -0.4 is 10.5 Å². The summed E-state index contributed by atoms with van der Waals surface area (Å²) in [6.45, 7) is 1.68. The number of halogens is 1. The maximum Gasteiger partial charge on any atom is 0.119 e. The number of hydrogen-bond acceptors (Lipinski definition) is 2. The van der Waals surface area contributed by atoms with Crippen LogP contribution in [0.3, 0.4) is 0 Å². The summed E-state index contributed by atoms with van der Waals surface area (Å²) in [6, 6.07) is 17.0. The Morgan fingerprint density at radius 2 is 1.83 bits per heavy atom. The lowest BCUT2D eigenvalue weighted by Gasteiger charge is -2.06. The molecule has 0 amide bonds. The highest BCUT2D eigenvalue weighted by Gasteiger charge is 2.09. The van der Waals surface area contributed by atoms with E-state index < -0.39 is 0 Å². The van der Waals surface area contributed by atoms with Crippen LogP contribution in [0.15, 0.2) is 54.7 Å². The lowest BCUT2D eigenvalue weighted by atomic mass is 10.1. The van der Waals surface area contributed by atoms with Gasteiger partial charge < -0.3 is 15.0 Å². The van der Waals surface area contributed by atoms with Crippen molar-refractivity contribution in [1.82, 2.24) is 4.57 Å². The highest BCUT2D eigenvalue weighted by atomic mass is 35.5. The molecular weight excluding hydrogens is 320 g/mol. The van der Waals surface area contributed by atoms with Gasteiger partial charge in [0.15, 0.2) is 0 Å². The van der Waals surface area contributed by atoms with Crippen molar-refractivity contribution in [2.75, 3.05) is 13.7 Å². The Hall–Kier alpha value is -1.97. The molecule has 0 aliphatic heterocycles. The first-order valence-electron chi connectivity index (χ1n) is 8.21. The number of fused-ring (bicyclic) bond motifs is 1. The maximum atomic E-state index is 5.77. The zero-order chi connectivity index (χ0) is 16.1. The third kappa shape index (κ3) is 4.11. The van der Waals surface area contributed by atoms with Crippen LogP contribution in [0, 0.1) is 0 Å². The van der Waals surface area contributed by atoms with Gasteiger partial charge in [-0.3, -0.25) is 0 Å². The summed E-state index contributed by atoms with van der Waals surface area (Å²) in [5, 5.41) is 1.26. The zero-order valence-electron chi connectivity index (χ0n) is 14.1. The van der Waals surface area contributed by atoms with E-state index in [9.17, 15) is 0 Å². The fourth-order valence-electron chi connectivity index (χ4n) is 3.11. The molecule has 1 heterocycles. The summed E-state index contributed by atoms with van der Waals surface area (Å²) in [4.78, 5) is 0. The number of methoxy groups -OCH3 is 1. The summed E-state index contributed by atoms with van der Waals surface area (Å²) in [6.07, 6.45) is 5.38. The number of aromatic nitrogens is 1. The van der Waals surface area contributed by atoms with E-state index in [0.717, 1.165) is 31.6 Å². The topological polar surface area (TPSA) is 40.2 Å². The van der Waals surface area contributed by atoms with Crippen LogP contribution in [-0.2, 0) is 19.4 Å². The van der Waals surface area contributed by atoms with Gasteiger partial charge in [0.2, 0.25) is 0 Å². The van der Waals surface area contributed by atoms with Gasteiger partial charge in [-0.05, 0) is 55.1 Å². The number of nitrogens with zero attached hydrogens (tertiary/aromatic N) is 1. The first kappa shape index (κ1) is 18.4. The van der Waals surface area contributed by atoms with Crippen molar-refractivity contribution in [2.24, 2.45) is 5.73 Å². The molecule has 3 aromatic rings. The molecule has 0 fully saturated rings. The van der Waals surface area contributed by atoms with Crippen LogP contribution >= 0.6 is 12.4 Å². The van der Waals surface area contributed by atoms with Gasteiger partial charge in [-0.2, -0.15) is 0 Å². The summed E-state index contributed by atoms with van der Waals surface area (Å²) in [5.74, 6) is 0.901. The second-order valence-electron chi connectivity index (χ2n) is 5.86. The Bertz CT molecular complexity index is 768. The number of rotatable bonds is 7. The fraction of sp³-hybridized carbons (Fsp3) is 0.300. The van der Waals surface area contributed by atoms with E-state index in [1.165, 1.54) is 22.0 Å². The second kappa shape index (κ2) is 8.76. The van der Waals surface area contributed by atoms with Gasteiger partial charge >= 0.3 is 0 Å². The molecule has 0 radical (unpaired) electrons. The minimum Gasteiger partial charge on any atom is -0.497 e. The van der Waals surface area contributed by atoms with E-state index in [4.69, 9.17) is 10.5 Å². The third-order valence-corrected chi connectivity index (χ3v) is 4.29. The van der Waals surface area contributed by atoms with Gasteiger partial charge in [0.05, 0.1) is 7.11 Å². The lowest BCUT2D eigenvalue weighted by Crippen LogP contribution is -2.02. The molecule has 2 aromatic carbocycles. The average molecular weight is 345 g/mol. The molecule has 0 saturated heterocycles. The van der Waals surface area contributed by atoms with E-state index >= 15 is 0 Å².